The highest BCUT2D eigenvalue weighted by molar-refractivity contribution is 6.31. The first-order valence-electron chi connectivity index (χ1n) is 8.67. The second-order valence-electron chi connectivity index (χ2n) is 6.67. The third kappa shape index (κ3) is 2.83. The van der Waals surface area contributed by atoms with Crippen LogP contribution in [0.4, 0.5) is 17.6 Å². The lowest BCUT2D eigenvalue weighted by molar-refractivity contribution is 0.394. The number of hydrogen-bond donors (Lipinski definition) is 0. The van der Waals surface area contributed by atoms with E-state index >= 15 is 4.39 Å². The first-order valence-corrected chi connectivity index (χ1v) is 9.04. The average molecular weight is 391 g/mol. The van der Waals surface area contributed by atoms with Crippen molar-refractivity contribution in [1.29, 1.82) is 0 Å². The van der Waals surface area contributed by atoms with Crippen molar-refractivity contribution in [3.8, 4) is 22.3 Å². The Bertz CT molecular complexity index is 1040. The van der Waals surface area contributed by atoms with E-state index in [1.807, 2.05) is 6.92 Å². The highest BCUT2D eigenvalue weighted by atomic mass is 35.5. The van der Waals surface area contributed by atoms with Crippen molar-refractivity contribution in [2.45, 2.75) is 25.9 Å². The fourth-order valence-corrected chi connectivity index (χ4v) is 3.77. The number of rotatable bonds is 3. The van der Waals surface area contributed by atoms with Crippen LogP contribution in [-0.2, 0) is 6.42 Å². The van der Waals surface area contributed by atoms with E-state index in [1.54, 1.807) is 24.3 Å². The summed E-state index contributed by atoms with van der Waals surface area (Å²) < 4.78 is 57.4. The van der Waals surface area contributed by atoms with Crippen molar-refractivity contribution >= 4 is 11.6 Å². The number of benzene rings is 3. The molecule has 3 aromatic carbocycles. The predicted molar refractivity (Wildman–Crippen MR) is 99.1 cm³/mol. The Balaban J connectivity index is 1.83. The van der Waals surface area contributed by atoms with Crippen molar-refractivity contribution in [3.63, 3.8) is 0 Å². The first kappa shape index (κ1) is 18.1. The molecule has 138 valence electrons. The molecule has 0 fully saturated rings. The SMILES string of the molecule is CCCc1ccc2c(c1F)C(F)c1cc(-c3cc(F)c(Cl)c(F)c3)ccc1-2. The molecule has 1 unspecified atom stereocenters. The van der Waals surface area contributed by atoms with Gasteiger partial charge in [0.2, 0.25) is 0 Å². The summed E-state index contributed by atoms with van der Waals surface area (Å²) in [4.78, 5) is 0. The maximum atomic E-state index is 15.1. The third-order valence-electron chi connectivity index (χ3n) is 4.96. The fourth-order valence-electron chi connectivity index (χ4n) is 3.66. The highest BCUT2D eigenvalue weighted by Crippen LogP contribution is 2.48. The van der Waals surface area contributed by atoms with E-state index < -0.39 is 28.6 Å². The van der Waals surface area contributed by atoms with E-state index in [-0.39, 0.29) is 11.1 Å². The summed E-state index contributed by atoms with van der Waals surface area (Å²) in [6.07, 6.45) is -0.317. The minimum Gasteiger partial charge on any atom is -0.237 e. The zero-order chi connectivity index (χ0) is 19.3. The van der Waals surface area contributed by atoms with Crippen LogP contribution in [0.1, 0.15) is 36.2 Å². The molecular weight excluding hydrogens is 376 g/mol. The van der Waals surface area contributed by atoms with Crippen molar-refractivity contribution in [1.82, 2.24) is 0 Å². The van der Waals surface area contributed by atoms with Gasteiger partial charge in [-0.1, -0.05) is 49.2 Å². The quantitative estimate of drug-likeness (QED) is 0.322. The molecule has 0 spiro atoms. The lowest BCUT2D eigenvalue weighted by atomic mass is 9.98. The van der Waals surface area contributed by atoms with Crippen LogP contribution >= 0.6 is 11.6 Å². The molecule has 5 heteroatoms. The summed E-state index contributed by atoms with van der Waals surface area (Å²) in [6, 6.07) is 10.4. The standard InChI is InChI=1S/C22H15ClF4/c1-2-3-11-4-7-15-14-6-5-12(8-16(14)22(27)19(15)21(11)26)13-9-17(24)20(23)18(25)10-13/h4-10,22H,2-3H2,1H3. The van der Waals surface area contributed by atoms with Gasteiger partial charge < -0.3 is 0 Å². The van der Waals surface area contributed by atoms with Gasteiger partial charge in [-0.3, -0.25) is 0 Å². The van der Waals surface area contributed by atoms with Crippen LogP contribution in [0.3, 0.4) is 0 Å². The van der Waals surface area contributed by atoms with E-state index in [9.17, 15) is 13.2 Å². The predicted octanol–water partition coefficient (Wildman–Crippen LogP) is 7.42. The Labute approximate surface area is 159 Å². The Morgan fingerprint density at radius 2 is 1.56 bits per heavy atom. The van der Waals surface area contributed by atoms with Gasteiger partial charge in [-0.15, -0.1) is 0 Å². The van der Waals surface area contributed by atoms with E-state index in [1.165, 1.54) is 6.07 Å². The summed E-state index contributed by atoms with van der Waals surface area (Å²) in [7, 11) is 0. The maximum absolute atomic E-state index is 15.1. The zero-order valence-corrected chi connectivity index (χ0v) is 15.2. The summed E-state index contributed by atoms with van der Waals surface area (Å²) in [5.74, 6) is -2.28. The molecule has 0 heterocycles. The highest BCUT2D eigenvalue weighted by Gasteiger charge is 2.32. The molecule has 0 radical (unpaired) electrons. The van der Waals surface area contributed by atoms with Crippen molar-refractivity contribution < 1.29 is 17.6 Å². The van der Waals surface area contributed by atoms with E-state index in [0.717, 1.165) is 18.6 Å². The van der Waals surface area contributed by atoms with Gasteiger partial charge in [-0.05, 0) is 58.0 Å². The second-order valence-corrected chi connectivity index (χ2v) is 7.05. The summed E-state index contributed by atoms with van der Waals surface area (Å²) in [5, 5.41) is -0.582. The third-order valence-corrected chi connectivity index (χ3v) is 5.33. The zero-order valence-electron chi connectivity index (χ0n) is 14.4. The second kappa shape index (κ2) is 6.68. The summed E-state index contributed by atoms with van der Waals surface area (Å²) in [5.41, 5.74) is 2.63. The van der Waals surface area contributed by atoms with Gasteiger partial charge in [0.15, 0.2) is 6.17 Å². The lowest BCUT2D eigenvalue weighted by Gasteiger charge is -2.09. The van der Waals surface area contributed by atoms with Gasteiger partial charge in [-0.25, -0.2) is 17.6 Å². The van der Waals surface area contributed by atoms with Crippen LogP contribution in [0.25, 0.3) is 22.3 Å². The van der Waals surface area contributed by atoms with E-state index in [4.69, 9.17) is 11.6 Å². The van der Waals surface area contributed by atoms with Crippen molar-refractivity contribution in [3.05, 3.63) is 81.6 Å². The van der Waals surface area contributed by atoms with Crippen LogP contribution in [-0.4, -0.2) is 0 Å². The van der Waals surface area contributed by atoms with E-state index in [0.29, 0.717) is 34.2 Å². The topological polar surface area (TPSA) is 0 Å². The summed E-state index contributed by atoms with van der Waals surface area (Å²) in [6.45, 7) is 1.94. The molecule has 27 heavy (non-hydrogen) atoms. The van der Waals surface area contributed by atoms with Crippen LogP contribution in [0.5, 0.6) is 0 Å². The van der Waals surface area contributed by atoms with Crippen LogP contribution in [0.2, 0.25) is 5.02 Å². The van der Waals surface area contributed by atoms with Gasteiger partial charge in [0.25, 0.3) is 0 Å². The normalized spacial score (nSPS) is 15.0. The minimum atomic E-state index is -1.62. The molecule has 1 aliphatic rings. The van der Waals surface area contributed by atoms with Gasteiger partial charge in [0, 0.05) is 5.56 Å². The Kier molecular flexibility index (Phi) is 4.47. The molecule has 3 aromatic rings. The van der Waals surface area contributed by atoms with Gasteiger partial charge >= 0.3 is 0 Å². The van der Waals surface area contributed by atoms with Gasteiger partial charge in [-0.2, -0.15) is 0 Å². The molecule has 0 nitrogen and oxygen atoms in total. The van der Waals surface area contributed by atoms with Gasteiger partial charge in [0.05, 0.1) is 0 Å². The number of alkyl halides is 1. The molecule has 4 rings (SSSR count). The molecule has 0 saturated carbocycles. The van der Waals surface area contributed by atoms with Crippen LogP contribution < -0.4 is 0 Å². The molecular formula is C22H15ClF4. The largest absolute Gasteiger partial charge is 0.237 e. The smallest absolute Gasteiger partial charge is 0.154 e. The molecule has 0 saturated heterocycles. The van der Waals surface area contributed by atoms with E-state index in [2.05, 4.69) is 0 Å². The molecule has 1 atom stereocenters. The van der Waals surface area contributed by atoms with Gasteiger partial charge in [0.1, 0.15) is 22.5 Å². The molecule has 0 bridgehead atoms. The van der Waals surface area contributed by atoms with Crippen LogP contribution in [0.15, 0.2) is 42.5 Å². The molecule has 1 aliphatic carbocycles. The monoisotopic (exact) mass is 390 g/mol. The average Bonchev–Trinajstić information content (AvgIpc) is 2.94. The molecule has 0 N–H and O–H groups in total. The molecule has 0 aromatic heterocycles. The molecule has 0 aliphatic heterocycles. The lowest BCUT2D eigenvalue weighted by Crippen LogP contribution is -1.98. The maximum Gasteiger partial charge on any atom is 0.154 e. The minimum absolute atomic E-state index is 0.0431. The van der Waals surface area contributed by atoms with Crippen molar-refractivity contribution in [2.24, 2.45) is 0 Å². The van der Waals surface area contributed by atoms with Crippen LogP contribution in [0, 0.1) is 17.5 Å². The first-order chi connectivity index (χ1) is 12.9. The van der Waals surface area contributed by atoms with Crippen molar-refractivity contribution in [2.75, 3.05) is 0 Å². The fraction of sp³-hybridized carbons (Fsp3) is 0.182. The Hall–Kier alpha value is -2.33. The number of hydrogen-bond acceptors (Lipinski definition) is 0. The number of fused-ring (bicyclic) bond motifs is 3. The Morgan fingerprint density at radius 1 is 0.889 bits per heavy atom. The summed E-state index contributed by atoms with van der Waals surface area (Å²) >= 11 is 5.52. The Morgan fingerprint density at radius 3 is 2.22 bits per heavy atom. The number of halogens is 5. The number of aryl methyl sites for hydroxylation is 1. The molecule has 0 amide bonds.